The highest BCUT2D eigenvalue weighted by molar-refractivity contribution is 5.80. The van der Waals surface area contributed by atoms with Crippen LogP contribution in [-0.4, -0.2) is 60.0 Å². The SMILES string of the molecule is CC(O)(CNC(=O)CC1COCCN1)C(=O)O. The molecule has 0 spiro atoms. The minimum absolute atomic E-state index is 0.0569. The van der Waals surface area contributed by atoms with E-state index in [4.69, 9.17) is 9.84 Å². The van der Waals surface area contributed by atoms with E-state index in [0.717, 1.165) is 6.92 Å². The Labute approximate surface area is 99.1 Å². The lowest BCUT2D eigenvalue weighted by Crippen LogP contribution is -2.49. The second-order valence-corrected chi connectivity index (χ2v) is 4.29. The number of carbonyl (C=O) groups is 2. The van der Waals surface area contributed by atoms with Gasteiger partial charge in [0.2, 0.25) is 5.91 Å². The van der Waals surface area contributed by atoms with Gasteiger partial charge in [0.05, 0.1) is 19.8 Å². The molecule has 2 unspecified atom stereocenters. The van der Waals surface area contributed by atoms with E-state index in [1.54, 1.807) is 0 Å². The zero-order valence-corrected chi connectivity index (χ0v) is 9.73. The number of aliphatic hydroxyl groups is 1. The number of rotatable bonds is 5. The predicted octanol–water partition coefficient (Wildman–Crippen LogP) is -1.68. The van der Waals surface area contributed by atoms with Gasteiger partial charge in [-0.15, -0.1) is 0 Å². The van der Waals surface area contributed by atoms with E-state index in [0.29, 0.717) is 19.8 Å². The van der Waals surface area contributed by atoms with Crippen molar-refractivity contribution >= 4 is 11.9 Å². The first-order chi connectivity index (χ1) is 7.92. The third kappa shape index (κ3) is 4.68. The summed E-state index contributed by atoms with van der Waals surface area (Å²) >= 11 is 0. The quantitative estimate of drug-likeness (QED) is 0.461. The number of ether oxygens (including phenoxy) is 1. The molecule has 17 heavy (non-hydrogen) atoms. The minimum atomic E-state index is -1.94. The molecule has 0 aromatic heterocycles. The Hall–Kier alpha value is -1.18. The number of carboxylic acid groups (broad SMARTS) is 1. The maximum atomic E-state index is 11.5. The average molecular weight is 246 g/mol. The molecule has 4 N–H and O–H groups in total. The Morgan fingerprint density at radius 2 is 2.29 bits per heavy atom. The van der Waals surface area contributed by atoms with Crippen LogP contribution in [0.3, 0.4) is 0 Å². The molecule has 1 aliphatic rings. The van der Waals surface area contributed by atoms with Crippen molar-refractivity contribution in [3.05, 3.63) is 0 Å². The first kappa shape index (κ1) is 13.9. The third-order valence-electron chi connectivity index (χ3n) is 2.52. The standard InChI is InChI=1S/C10H18N2O5/c1-10(16,9(14)15)6-12-8(13)4-7-5-17-3-2-11-7/h7,11,16H,2-6H2,1H3,(H,12,13)(H,14,15). The van der Waals surface area contributed by atoms with E-state index in [2.05, 4.69) is 10.6 Å². The van der Waals surface area contributed by atoms with Crippen LogP contribution >= 0.6 is 0 Å². The Kier molecular flexibility index (Phi) is 4.86. The van der Waals surface area contributed by atoms with Gasteiger partial charge in [-0.05, 0) is 6.92 Å². The Morgan fingerprint density at radius 3 is 2.82 bits per heavy atom. The number of hydrogen-bond acceptors (Lipinski definition) is 5. The van der Waals surface area contributed by atoms with Gasteiger partial charge in [-0.3, -0.25) is 4.79 Å². The normalized spacial score (nSPS) is 23.8. The number of amides is 1. The highest BCUT2D eigenvalue weighted by Gasteiger charge is 2.30. The number of carbonyl (C=O) groups excluding carboxylic acids is 1. The maximum Gasteiger partial charge on any atom is 0.337 e. The van der Waals surface area contributed by atoms with E-state index in [-0.39, 0.29) is 24.9 Å². The molecule has 0 aromatic rings. The van der Waals surface area contributed by atoms with Crippen LogP contribution in [-0.2, 0) is 14.3 Å². The summed E-state index contributed by atoms with van der Waals surface area (Å²) in [6.07, 6.45) is 0.204. The fourth-order valence-electron chi connectivity index (χ4n) is 1.39. The van der Waals surface area contributed by atoms with Crippen LogP contribution in [0.1, 0.15) is 13.3 Å². The smallest absolute Gasteiger partial charge is 0.337 e. The van der Waals surface area contributed by atoms with Crippen molar-refractivity contribution < 1.29 is 24.5 Å². The number of aliphatic carboxylic acids is 1. The number of carboxylic acids is 1. The Morgan fingerprint density at radius 1 is 1.59 bits per heavy atom. The first-order valence-electron chi connectivity index (χ1n) is 5.45. The zero-order chi connectivity index (χ0) is 12.9. The molecule has 0 aromatic carbocycles. The van der Waals surface area contributed by atoms with Gasteiger partial charge in [0, 0.05) is 19.0 Å². The van der Waals surface area contributed by atoms with E-state index >= 15 is 0 Å². The fourth-order valence-corrected chi connectivity index (χ4v) is 1.39. The molecule has 0 bridgehead atoms. The number of hydrogen-bond donors (Lipinski definition) is 4. The van der Waals surface area contributed by atoms with Gasteiger partial charge >= 0.3 is 5.97 Å². The third-order valence-corrected chi connectivity index (χ3v) is 2.52. The lowest BCUT2D eigenvalue weighted by Gasteiger charge is -2.24. The molecule has 1 aliphatic heterocycles. The van der Waals surface area contributed by atoms with Gasteiger partial charge in [-0.1, -0.05) is 0 Å². The molecule has 1 fully saturated rings. The van der Waals surface area contributed by atoms with Gasteiger partial charge in [-0.25, -0.2) is 4.79 Å². The summed E-state index contributed by atoms with van der Waals surface area (Å²) < 4.78 is 5.18. The topological polar surface area (TPSA) is 108 Å². The van der Waals surface area contributed by atoms with Crippen LogP contribution in [0.15, 0.2) is 0 Å². The summed E-state index contributed by atoms with van der Waals surface area (Å²) in [6.45, 7) is 2.62. The molecule has 1 rings (SSSR count). The molecule has 7 heteroatoms. The molecule has 7 nitrogen and oxygen atoms in total. The zero-order valence-electron chi connectivity index (χ0n) is 9.73. The fraction of sp³-hybridized carbons (Fsp3) is 0.800. The monoisotopic (exact) mass is 246 g/mol. The van der Waals surface area contributed by atoms with Crippen molar-refractivity contribution in [1.82, 2.24) is 10.6 Å². The molecule has 0 radical (unpaired) electrons. The second kappa shape index (κ2) is 5.95. The second-order valence-electron chi connectivity index (χ2n) is 4.29. The van der Waals surface area contributed by atoms with Crippen LogP contribution in [0, 0.1) is 0 Å². The molecule has 1 amide bonds. The van der Waals surface area contributed by atoms with Crippen molar-refractivity contribution in [3.63, 3.8) is 0 Å². The van der Waals surface area contributed by atoms with Crippen LogP contribution in [0.25, 0.3) is 0 Å². The Balaban J connectivity index is 2.27. The lowest BCUT2D eigenvalue weighted by atomic mass is 10.1. The minimum Gasteiger partial charge on any atom is -0.479 e. The van der Waals surface area contributed by atoms with Crippen molar-refractivity contribution in [2.24, 2.45) is 0 Å². The molecular formula is C10H18N2O5. The molecule has 1 saturated heterocycles. The summed E-state index contributed by atoms with van der Waals surface area (Å²) in [6, 6.07) is -0.0569. The molecule has 0 saturated carbocycles. The summed E-state index contributed by atoms with van der Waals surface area (Å²) in [4.78, 5) is 22.1. The van der Waals surface area contributed by atoms with E-state index in [1.807, 2.05) is 0 Å². The summed E-state index contributed by atoms with van der Waals surface area (Å²) in [7, 11) is 0. The molecule has 0 aliphatic carbocycles. The van der Waals surface area contributed by atoms with Gasteiger partial charge in [0.15, 0.2) is 5.60 Å². The Bertz CT molecular complexity index is 286. The van der Waals surface area contributed by atoms with E-state index < -0.39 is 11.6 Å². The van der Waals surface area contributed by atoms with Crippen LogP contribution < -0.4 is 10.6 Å². The van der Waals surface area contributed by atoms with Gasteiger partial charge in [0.1, 0.15) is 0 Å². The first-order valence-corrected chi connectivity index (χ1v) is 5.45. The van der Waals surface area contributed by atoms with Crippen LogP contribution in [0.2, 0.25) is 0 Å². The van der Waals surface area contributed by atoms with Gasteiger partial charge in [-0.2, -0.15) is 0 Å². The van der Waals surface area contributed by atoms with Gasteiger partial charge in [0.25, 0.3) is 0 Å². The predicted molar refractivity (Wildman–Crippen MR) is 58.5 cm³/mol. The highest BCUT2D eigenvalue weighted by Crippen LogP contribution is 2.02. The summed E-state index contributed by atoms with van der Waals surface area (Å²) in [5, 5.41) is 23.5. The van der Waals surface area contributed by atoms with Crippen LogP contribution in [0.5, 0.6) is 0 Å². The van der Waals surface area contributed by atoms with Crippen molar-refractivity contribution in [3.8, 4) is 0 Å². The van der Waals surface area contributed by atoms with Gasteiger partial charge < -0.3 is 25.6 Å². The molecular weight excluding hydrogens is 228 g/mol. The number of nitrogens with one attached hydrogen (secondary N) is 2. The largest absolute Gasteiger partial charge is 0.479 e. The summed E-state index contributed by atoms with van der Waals surface area (Å²) in [5.41, 5.74) is -1.94. The molecule has 1 heterocycles. The van der Waals surface area contributed by atoms with Crippen LogP contribution in [0.4, 0.5) is 0 Å². The van der Waals surface area contributed by atoms with E-state index in [9.17, 15) is 14.7 Å². The number of morpholine rings is 1. The van der Waals surface area contributed by atoms with Crippen molar-refractivity contribution in [2.45, 2.75) is 25.0 Å². The van der Waals surface area contributed by atoms with E-state index in [1.165, 1.54) is 0 Å². The maximum absolute atomic E-state index is 11.5. The van der Waals surface area contributed by atoms with Crippen molar-refractivity contribution in [1.29, 1.82) is 0 Å². The molecule has 2 atom stereocenters. The average Bonchev–Trinajstić information content (AvgIpc) is 2.28. The highest BCUT2D eigenvalue weighted by atomic mass is 16.5. The van der Waals surface area contributed by atoms with Crippen molar-refractivity contribution in [2.75, 3.05) is 26.3 Å². The summed E-state index contributed by atoms with van der Waals surface area (Å²) in [5.74, 6) is -1.67. The lowest BCUT2D eigenvalue weighted by molar-refractivity contribution is -0.156. The molecule has 98 valence electrons.